The van der Waals surface area contributed by atoms with Crippen LogP contribution in [0.1, 0.15) is 59.3 Å². The molecule has 1 N–H and O–H groups in total. The fraction of sp³-hybridized carbons (Fsp3) is 0.875. The second-order valence-electron chi connectivity index (χ2n) is 7.10. The standard InChI is InChI=1S/C16H26N2O2/c1-4-13(9-11-5-6-11)18-10(2)14(19)17-16(3,15(18)20)12-7-8-12/h10-13H,4-9H2,1-3H3,(H,17,19). The number of hydrogen-bond acceptors (Lipinski definition) is 2. The number of piperazine rings is 1. The van der Waals surface area contributed by atoms with Crippen LogP contribution in [0.4, 0.5) is 0 Å². The van der Waals surface area contributed by atoms with Crippen LogP contribution in [-0.4, -0.2) is 34.3 Å². The van der Waals surface area contributed by atoms with E-state index in [1.807, 2.05) is 18.7 Å². The Bertz CT molecular complexity index is 428. The van der Waals surface area contributed by atoms with Crippen molar-refractivity contribution in [3.05, 3.63) is 0 Å². The lowest BCUT2D eigenvalue weighted by Gasteiger charge is -2.47. The Hall–Kier alpha value is -1.06. The molecule has 4 heteroatoms. The Morgan fingerprint density at radius 2 is 1.95 bits per heavy atom. The molecule has 0 spiro atoms. The lowest BCUT2D eigenvalue weighted by molar-refractivity contribution is -0.158. The second kappa shape index (κ2) is 4.74. The molecule has 3 atom stereocenters. The zero-order chi connectivity index (χ0) is 14.5. The molecule has 2 aliphatic carbocycles. The average Bonchev–Trinajstić information content (AvgIpc) is 3.27. The maximum atomic E-state index is 13.0. The predicted molar refractivity (Wildman–Crippen MR) is 77.0 cm³/mol. The number of carbonyl (C=O) groups excluding carboxylic acids is 2. The monoisotopic (exact) mass is 278 g/mol. The van der Waals surface area contributed by atoms with Crippen LogP contribution < -0.4 is 5.32 Å². The van der Waals surface area contributed by atoms with E-state index >= 15 is 0 Å². The normalized spacial score (nSPS) is 36.0. The molecule has 2 amide bonds. The SMILES string of the molecule is CCC(CC1CC1)N1C(=O)C(C)(C2CC2)NC(=O)C1C. The number of rotatable bonds is 5. The van der Waals surface area contributed by atoms with E-state index in [1.165, 1.54) is 12.8 Å². The molecule has 1 saturated heterocycles. The van der Waals surface area contributed by atoms with Crippen LogP contribution in [-0.2, 0) is 9.59 Å². The second-order valence-corrected chi connectivity index (χ2v) is 7.10. The van der Waals surface area contributed by atoms with Crippen molar-refractivity contribution in [3.63, 3.8) is 0 Å². The molecular formula is C16H26N2O2. The molecule has 0 radical (unpaired) electrons. The molecule has 0 aromatic rings. The molecule has 1 heterocycles. The van der Waals surface area contributed by atoms with Gasteiger partial charge in [-0.1, -0.05) is 19.8 Å². The van der Waals surface area contributed by atoms with Crippen LogP contribution in [0.2, 0.25) is 0 Å². The fourth-order valence-corrected chi connectivity index (χ4v) is 3.62. The zero-order valence-corrected chi connectivity index (χ0v) is 12.8. The van der Waals surface area contributed by atoms with Gasteiger partial charge in [0.2, 0.25) is 11.8 Å². The molecule has 3 rings (SSSR count). The lowest BCUT2D eigenvalue weighted by Crippen LogP contribution is -2.71. The van der Waals surface area contributed by atoms with Gasteiger partial charge in [-0.2, -0.15) is 0 Å². The van der Waals surface area contributed by atoms with Gasteiger partial charge in [-0.3, -0.25) is 9.59 Å². The minimum Gasteiger partial charge on any atom is -0.340 e. The van der Waals surface area contributed by atoms with Crippen molar-refractivity contribution in [1.82, 2.24) is 10.2 Å². The van der Waals surface area contributed by atoms with Crippen LogP contribution in [0.3, 0.4) is 0 Å². The van der Waals surface area contributed by atoms with Gasteiger partial charge in [0.25, 0.3) is 0 Å². The third-order valence-corrected chi connectivity index (χ3v) is 5.42. The molecule has 3 unspecified atom stereocenters. The molecule has 112 valence electrons. The minimum absolute atomic E-state index is 0.0215. The quantitative estimate of drug-likeness (QED) is 0.837. The van der Waals surface area contributed by atoms with Crippen LogP contribution in [0.5, 0.6) is 0 Å². The lowest BCUT2D eigenvalue weighted by atomic mass is 9.87. The number of amides is 2. The smallest absolute Gasteiger partial charge is 0.249 e. The van der Waals surface area contributed by atoms with Gasteiger partial charge < -0.3 is 10.2 Å². The first kappa shape index (κ1) is 13.9. The van der Waals surface area contributed by atoms with Crippen molar-refractivity contribution in [1.29, 1.82) is 0 Å². The van der Waals surface area contributed by atoms with Gasteiger partial charge >= 0.3 is 0 Å². The highest BCUT2D eigenvalue weighted by Crippen LogP contribution is 2.43. The molecule has 3 aliphatic rings. The van der Waals surface area contributed by atoms with E-state index in [1.54, 1.807) is 0 Å². The van der Waals surface area contributed by atoms with Crippen molar-refractivity contribution in [3.8, 4) is 0 Å². The molecule has 0 aromatic heterocycles. The Labute approximate surface area is 121 Å². The first-order valence-electron chi connectivity index (χ1n) is 8.12. The van der Waals surface area contributed by atoms with Crippen molar-refractivity contribution in [2.45, 2.75) is 76.9 Å². The highest BCUT2D eigenvalue weighted by Gasteiger charge is 2.55. The van der Waals surface area contributed by atoms with Crippen LogP contribution in [0, 0.1) is 11.8 Å². The van der Waals surface area contributed by atoms with Gasteiger partial charge in [-0.25, -0.2) is 0 Å². The van der Waals surface area contributed by atoms with Gasteiger partial charge in [0, 0.05) is 6.04 Å². The van der Waals surface area contributed by atoms with E-state index in [0.29, 0.717) is 5.92 Å². The summed E-state index contributed by atoms with van der Waals surface area (Å²) in [6.45, 7) is 5.93. The maximum Gasteiger partial charge on any atom is 0.249 e. The number of hydrogen-bond donors (Lipinski definition) is 1. The number of nitrogens with zero attached hydrogens (tertiary/aromatic N) is 1. The largest absolute Gasteiger partial charge is 0.340 e. The van der Waals surface area contributed by atoms with Crippen LogP contribution >= 0.6 is 0 Å². The molecular weight excluding hydrogens is 252 g/mol. The van der Waals surface area contributed by atoms with Gasteiger partial charge in [-0.15, -0.1) is 0 Å². The van der Waals surface area contributed by atoms with Gasteiger partial charge in [0.05, 0.1) is 0 Å². The summed E-state index contributed by atoms with van der Waals surface area (Å²) in [6.07, 6.45) is 6.72. The summed E-state index contributed by atoms with van der Waals surface area (Å²) in [5, 5.41) is 3.00. The summed E-state index contributed by atoms with van der Waals surface area (Å²) in [5.41, 5.74) is -0.652. The Kier molecular flexibility index (Phi) is 3.30. The highest BCUT2D eigenvalue weighted by molar-refractivity contribution is 6.00. The summed E-state index contributed by atoms with van der Waals surface area (Å²) in [4.78, 5) is 27.2. The summed E-state index contributed by atoms with van der Waals surface area (Å²) < 4.78 is 0. The van der Waals surface area contributed by atoms with E-state index in [9.17, 15) is 9.59 Å². The van der Waals surface area contributed by atoms with E-state index in [2.05, 4.69) is 12.2 Å². The van der Waals surface area contributed by atoms with E-state index < -0.39 is 5.54 Å². The third-order valence-electron chi connectivity index (χ3n) is 5.42. The average molecular weight is 278 g/mol. The van der Waals surface area contributed by atoms with Crippen molar-refractivity contribution in [2.24, 2.45) is 11.8 Å². The molecule has 3 fully saturated rings. The first-order chi connectivity index (χ1) is 9.47. The Morgan fingerprint density at radius 3 is 2.45 bits per heavy atom. The predicted octanol–water partition coefficient (Wildman–Crippen LogP) is 2.08. The number of nitrogens with one attached hydrogen (secondary N) is 1. The van der Waals surface area contributed by atoms with Crippen molar-refractivity contribution in [2.75, 3.05) is 0 Å². The summed E-state index contributed by atoms with van der Waals surface area (Å²) in [5.74, 6) is 1.29. The zero-order valence-electron chi connectivity index (χ0n) is 12.8. The Morgan fingerprint density at radius 1 is 1.30 bits per heavy atom. The van der Waals surface area contributed by atoms with E-state index in [4.69, 9.17) is 0 Å². The minimum atomic E-state index is -0.652. The van der Waals surface area contributed by atoms with Crippen molar-refractivity contribution < 1.29 is 9.59 Å². The third kappa shape index (κ3) is 2.23. The summed E-state index contributed by atoms with van der Waals surface area (Å²) in [7, 11) is 0. The van der Waals surface area contributed by atoms with E-state index in [-0.39, 0.29) is 23.9 Å². The fourth-order valence-electron chi connectivity index (χ4n) is 3.62. The van der Waals surface area contributed by atoms with Gasteiger partial charge in [-0.05, 0) is 51.4 Å². The highest BCUT2D eigenvalue weighted by atomic mass is 16.2. The van der Waals surface area contributed by atoms with Crippen molar-refractivity contribution >= 4 is 11.8 Å². The molecule has 1 aliphatic heterocycles. The van der Waals surface area contributed by atoms with Gasteiger partial charge in [0.1, 0.15) is 11.6 Å². The summed E-state index contributed by atoms with van der Waals surface area (Å²) >= 11 is 0. The Balaban J connectivity index is 1.84. The molecule has 20 heavy (non-hydrogen) atoms. The molecule has 0 bridgehead atoms. The van der Waals surface area contributed by atoms with Crippen LogP contribution in [0.15, 0.2) is 0 Å². The van der Waals surface area contributed by atoms with E-state index in [0.717, 1.165) is 31.6 Å². The molecule has 2 saturated carbocycles. The first-order valence-corrected chi connectivity index (χ1v) is 8.12. The van der Waals surface area contributed by atoms with Gasteiger partial charge in [0.15, 0.2) is 0 Å². The van der Waals surface area contributed by atoms with Crippen LogP contribution in [0.25, 0.3) is 0 Å². The molecule has 4 nitrogen and oxygen atoms in total. The topological polar surface area (TPSA) is 49.4 Å². The molecule has 0 aromatic carbocycles. The number of carbonyl (C=O) groups is 2. The maximum absolute atomic E-state index is 13.0. The summed E-state index contributed by atoms with van der Waals surface area (Å²) in [6, 6.07) is -0.0906.